The van der Waals surface area contributed by atoms with Crippen LogP contribution in [0.3, 0.4) is 0 Å². The molecule has 0 saturated heterocycles. The minimum atomic E-state index is -4.33. The maximum atomic E-state index is 12.3. The van der Waals surface area contributed by atoms with Crippen molar-refractivity contribution < 1.29 is 22.8 Å². The maximum Gasteiger partial charge on any atom is 0.446 e. The summed E-state index contributed by atoms with van der Waals surface area (Å²) in [6, 6.07) is 8.70. The molecule has 0 unspecified atom stereocenters. The van der Waals surface area contributed by atoms with Crippen LogP contribution in [0.4, 0.5) is 19.0 Å². The van der Waals surface area contributed by atoms with Crippen LogP contribution in [0, 0.1) is 0 Å². The van der Waals surface area contributed by atoms with Gasteiger partial charge in [0.1, 0.15) is 5.82 Å². The molecule has 0 radical (unpaired) electrons. The van der Waals surface area contributed by atoms with Gasteiger partial charge >= 0.3 is 5.51 Å². The van der Waals surface area contributed by atoms with Crippen molar-refractivity contribution in [1.82, 2.24) is 10.3 Å². The summed E-state index contributed by atoms with van der Waals surface area (Å²) in [5.41, 5.74) is -3.35. The van der Waals surface area contributed by atoms with E-state index in [-0.39, 0.29) is 40.8 Å². The number of nitrogens with zero attached hydrogens (tertiary/aromatic N) is 1. The Morgan fingerprint density at radius 3 is 2.46 bits per heavy atom. The third-order valence-corrected chi connectivity index (χ3v) is 3.96. The summed E-state index contributed by atoms with van der Waals surface area (Å²) >= 11 is -0.190. The Bertz CT molecular complexity index is 780. The lowest BCUT2D eigenvalue weighted by molar-refractivity contribution is -0.115. The molecule has 138 valence electrons. The van der Waals surface area contributed by atoms with Crippen LogP contribution >= 0.6 is 11.8 Å². The molecular formula is C17H16F3N3O2S. The van der Waals surface area contributed by atoms with Crippen molar-refractivity contribution in [3.8, 4) is 0 Å². The predicted molar refractivity (Wildman–Crippen MR) is 92.7 cm³/mol. The predicted octanol–water partition coefficient (Wildman–Crippen LogP) is 3.97. The average Bonchev–Trinajstić information content (AvgIpc) is 2.59. The molecule has 0 aliphatic carbocycles. The first kappa shape index (κ1) is 19.8. The Morgan fingerprint density at radius 1 is 1.15 bits per heavy atom. The van der Waals surface area contributed by atoms with Crippen LogP contribution in [0.15, 0.2) is 47.5 Å². The van der Waals surface area contributed by atoms with Gasteiger partial charge < -0.3 is 10.6 Å². The fourth-order valence-corrected chi connectivity index (χ4v) is 2.50. The Labute approximate surface area is 152 Å². The molecule has 26 heavy (non-hydrogen) atoms. The average molecular weight is 383 g/mol. The zero-order chi connectivity index (χ0) is 19.2. The van der Waals surface area contributed by atoms with Crippen LogP contribution in [0.1, 0.15) is 29.3 Å². The first-order valence-electron chi connectivity index (χ1n) is 7.65. The molecule has 5 nitrogen and oxygen atoms in total. The smallest absolute Gasteiger partial charge is 0.348 e. The van der Waals surface area contributed by atoms with Crippen molar-refractivity contribution in [3.05, 3.63) is 53.7 Å². The van der Waals surface area contributed by atoms with Gasteiger partial charge in [-0.05, 0) is 41.6 Å². The van der Waals surface area contributed by atoms with Crippen molar-refractivity contribution >= 4 is 29.4 Å². The largest absolute Gasteiger partial charge is 0.446 e. The zero-order valence-corrected chi connectivity index (χ0v) is 14.6. The Balaban J connectivity index is 1.94. The number of pyridine rings is 1. The molecule has 0 saturated carbocycles. The fourth-order valence-electron chi connectivity index (χ4n) is 1.96. The summed E-state index contributed by atoms with van der Waals surface area (Å²) in [5, 5.41) is 5.23. The number of rotatable bonds is 6. The Hall–Kier alpha value is -2.55. The first-order chi connectivity index (χ1) is 12.3. The number of carbonyl (C=O) groups is 2. The lowest BCUT2D eigenvalue weighted by atomic mass is 10.2. The molecule has 0 atom stereocenters. The third kappa shape index (κ3) is 6.40. The second-order valence-electron chi connectivity index (χ2n) is 5.21. The van der Waals surface area contributed by atoms with E-state index in [1.165, 1.54) is 42.6 Å². The highest BCUT2D eigenvalue weighted by Crippen LogP contribution is 2.36. The van der Waals surface area contributed by atoms with E-state index >= 15 is 0 Å². The number of anilines is 1. The number of thioether (sulfide) groups is 1. The van der Waals surface area contributed by atoms with Crippen LogP contribution < -0.4 is 10.6 Å². The molecule has 2 aromatic rings. The van der Waals surface area contributed by atoms with Gasteiger partial charge in [-0.25, -0.2) is 4.98 Å². The van der Waals surface area contributed by atoms with E-state index in [2.05, 4.69) is 15.6 Å². The third-order valence-electron chi connectivity index (χ3n) is 3.22. The van der Waals surface area contributed by atoms with Gasteiger partial charge in [-0.3, -0.25) is 9.59 Å². The second-order valence-corrected chi connectivity index (χ2v) is 6.34. The summed E-state index contributed by atoms with van der Waals surface area (Å²) in [5.74, 6) is -0.321. The lowest BCUT2D eigenvalue weighted by Gasteiger charge is -2.09. The van der Waals surface area contributed by atoms with Crippen molar-refractivity contribution in [2.24, 2.45) is 0 Å². The van der Waals surface area contributed by atoms with E-state index in [1.807, 2.05) is 0 Å². The molecule has 1 heterocycles. The minimum absolute atomic E-state index is 0.0815. The molecule has 0 spiro atoms. The van der Waals surface area contributed by atoms with Crippen molar-refractivity contribution in [1.29, 1.82) is 0 Å². The molecule has 1 aromatic heterocycles. The number of hydrogen-bond acceptors (Lipinski definition) is 4. The number of carbonyl (C=O) groups excluding carboxylic acids is 2. The van der Waals surface area contributed by atoms with Gasteiger partial charge in [-0.2, -0.15) is 13.2 Å². The summed E-state index contributed by atoms with van der Waals surface area (Å²) in [7, 11) is 0. The van der Waals surface area contributed by atoms with Gasteiger partial charge in [0.05, 0.1) is 0 Å². The lowest BCUT2D eigenvalue weighted by Crippen LogP contribution is -2.23. The normalized spacial score (nSPS) is 11.1. The van der Waals surface area contributed by atoms with E-state index < -0.39 is 5.51 Å². The number of nitrogens with one attached hydrogen (secondary N) is 2. The molecule has 0 bridgehead atoms. The highest BCUT2D eigenvalue weighted by atomic mass is 32.2. The molecule has 0 fully saturated rings. The van der Waals surface area contributed by atoms with Crippen LogP contribution in [0.5, 0.6) is 0 Å². The molecule has 1 aromatic carbocycles. The molecule has 2 N–H and O–H groups in total. The van der Waals surface area contributed by atoms with Crippen molar-refractivity contribution in [2.75, 3.05) is 5.32 Å². The summed E-state index contributed by atoms with van der Waals surface area (Å²) in [6.07, 6.45) is 1.70. The van der Waals surface area contributed by atoms with Gasteiger partial charge in [0, 0.05) is 29.6 Å². The Morgan fingerprint density at radius 2 is 1.85 bits per heavy atom. The number of alkyl halides is 3. The highest BCUT2D eigenvalue weighted by Gasteiger charge is 2.28. The molecule has 2 rings (SSSR count). The van der Waals surface area contributed by atoms with E-state index in [4.69, 9.17) is 0 Å². The molecular weight excluding hydrogens is 367 g/mol. The summed E-state index contributed by atoms with van der Waals surface area (Å²) < 4.78 is 36.9. The van der Waals surface area contributed by atoms with Gasteiger partial charge in [0.15, 0.2) is 0 Å². The molecule has 9 heteroatoms. The number of halogens is 3. The molecule has 0 aliphatic rings. The van der Waals surface area contributed by atoms with Gasteiger partial charge in [-0.1, -0.05) is 19.1 Å². The summed E-state index contributed by atoms with van der Waals surface area (Å²) in [4.78, 5) is 27.6. The standard InChI is InChI=1S/C17H16F3N3O2S/c1-2-15(24)23-14-9-12(7-8-21-14)16(25)22-10-11-3-5-13(6-4-11)26-17(18,19)20/h3-9H,2,10H2,1H3,(H,22,25)(H,21,23,24). The van der Waals surface area contributed by atoms with Crippen molar-refractivity contribution in [2.45, 2.75) is 30.3 Å². The van der Waals surface area contributed by atoms with Crippen molar-refractivity contribution in [3.63, 3.8) is 0 Å². The number of amides is 2. The molecule has 2 amide bonds. The number of benzene rings is 1. The SMILES string of the molecule is CCC(=O)Nc1cc(C(=O)NCc2ccc(SC(F)(F)F)cc2)ccn1. The topological polar surface area (TPSA) is 71.1 Å². The quantitative estimate of drug-likeness (QED) is 0.741. The van der Waals surface area contributed by atoms with Crippen LogP contribution in [-0.2, 0) is 11.3 Å². The monoisotopic (exact) mass is 383 g/mol. The van der Waals surface area contributed by atoms with E-state index in [1.54, 1.807) is 6.92 Å². The molecule has 0 aliphatic heterocycles. The van der Waals surface area contributed by atoms with E-state index in [0.717, 1.165) is 0 Å². The van der Waals surface area contributed by atoms with Crippen LogP contribution in [0.25, 0.3) is 0 Å². The Kier molecular flexibility index (Phi) is 6.62. The van der Waals surface area contributed by atoms with Crippen LogP contribution in [-0.4, -0.2) is 22.3 Å². The summed E-state index contributed by atoms with van der Waals surface area (Å²) in [6.45, 7) is 1.86. The van der Waals surface area contributed by atoms with E-state index in [9.17, 15) is 22.8 Å². The highest BCUT2D eigenvalue weighted by molar-refractivity contribution is 8.00. The number of aromatic nitrogens is 1. The van der Waals surface area contributed by atoms with Crippen LogP contribution in [0.2, 0.25) is 0 Å². The van der Waals surface area contributed by atoms with Gasteiger partial charge in [0.25, 0.3) is 5.91 Å². The fraction of sp³-hybridized carbons (Fsp3) is 0.235. The van der Waals surface area contributed by atoms with Gasteiger partial charge in [-0.15, -0.1) is 0 Å². The minimum Gasteiger partial charge on any atom is -0.348 e. The first-order valence-corrected chi connectivity index (χ1v) is 8.47. The maximum absolute atomic E-state index is 12.3. The van der Waals surface area contributed by atoms with E-state index in [0.29, 0.717) is 17.5 Å². The second kappa shape index (κ2) is 8.70. The number of hydrogen-bond donors (Lipinski definition) is 2. The van der Waals surface area contributed by atoms with Gasteiger partial charge in [0.2, 0.25) is 5.91 Å². The zero-order valence-electron chi connectivity index (χ0n) is 13.8.